The summed E-state index contributed by atoms with van der Waals surface area (Å²) in [6.07, 6.45) is 0. The second-order valence-electron chi connectivity index (χ2n) is 22.7. The zero-order valence-corrected chi connectivity index (χ0v) is 41.7. The van der Waals surface area contributed by atoms with E-state index in [-0.39, 0.29) is 27.1 Å². The molecular formula is C65H66N2. The van der Waals surface area contributed by atoms with Crippen molar-refractivity contribution < 1.29 is 0 Å². The van der Waals surface area contributed by atoms with Crippen LogP contribution in [0.15, 0.2) is 182 Å². The monoisotopic (exact) mass is 875 g/mol. The van der Waals surface area contributed by atoms with Crippen molar-refractivity contribution in [2.75, 3.05) is 0 Å². The van der Waals surface area contributed by atoms with Crippen molar-refractivity contribution in [3.05, 3.63) is 226 Å². The lowest BCUT2D eigenvalue weighted by Crippen LogP contribution is -2.30. The SMILES string of the molecule is CC(C)(C)c1ccc2c(c1)c1cc(C(C)(C)C)ccc1n2-c1ccc2c(c1)c1ccccc1n2-c1c(C(C)(C)c2ccccc2)cc(C(C)(C)c2ccccc2)cc1C(C)(C)c1ccccc1. The zero-order chi connectivity index (χ0) is 47.3. The minimum absolute atomic E-state index is 0.0301. The third-order valence-corrected chi connectivity index (χ3v) is 15.3. The Bertz CT molecular complexity index is 3330. The van der Waals surface area contributed by atoms with E-state index in [1.165, 1.54) is 93.8 Å². The Labute approximate surface area is 398 Å². The molecule has 2 aromatic heterocycles. The molecular weight excluding hydrogens is 809 g/mol. The highest BCUT2D eigenvalue weighted by Crippen LogP contribution is 2.49. The topological polar surface area (TPSA) is 9.86 Å². The average Bonchev–Trinajstić information content (AvgIpc) is 3.83. The molecule has 336 valence electrons. The summed E-state index contributed by atoms with van der Waals surface area (Å²) in [7, 11) is 0. The smallest absolute Gasteiger partial charge is 0.0544 e. The van der Waals surface area contributed by atoms with Gasteiger partial charge >= 0.3 is 0 Å². The zero-order valence-electron chi connectivity index (χ0n) is 41.7. The molecule has 0 saturated carbocycles. The largest absolute Gasteiger partial charge is 0.309 e. The molecule has 10 rings (SSSR count). The summed E-state index contributed by atoms with van der Waals surface area (Å²) >= 11 is 0. The molecule has 67 heavy (non-hydrogen) atoms. The summed E-state index contributed by atoms with van der Waals surface area (Å²) in [6, 6.07) is 68.9. The van der Waals surface area contributed by atoms with Crippen LogP contribution in [0, 0.1) is 0 Å². The molecule has 2 nitrogen and oxygen atoms in total. The Kier molecular flexibility index (Phi) is 10.4. The molecule has 10 aromatic rings. The fourth-order valence-corrected chi connectivity index (χ4v) is 10.8. The first-order chi connectivity index (χ1) is 31.8. The quantitative estimate of drug-likeness (QED) is 0.144. The molecule has 0 amide bonds. The van der Waals surface area contributed by atoms with Gasteiger partial charge in [-0.2, -0.15) is 0 Å². The van der Waals surface area contributed by atoms with Crippen molar-refractivity contribution in [3.63, 3.8) is 0 Å². The van der Waals surface area contributed by atoms with Crippen LogP contribution in [0.5, 0.6) is 0 Å². The summed E-state index contributed by atoms with van der Waals surface area (Å²) in [6.45, 7) is 28.3. The minimum atomic E-state index is -0.376. The second-order valence-corrected chi connectivity index (χ2v) is 22.7. The van der Waals surface area contributed by atoms with Crippen LogP contribution in [0.2, 0.25) is 0 Å². The minimum Gasteiger partial charge on any atom is -0.309 e. The summed E-state index contributed by atoms with van der Waals surface area (Å²) in [5.41, 5.74) is 16.8. The second kappa shape index (κ2) is 15.7. The lowest BCUT2D eigenvalue weighted by molar-refractivity contribution is 0.590. The predicted molar refractivity (Wildman–Crippen MR) is 288 cm³/mol. The Hall–Kier alpha value is -6.64. The predicted octanol–water partition coefficient (Wildman–Crippen LogP) is 17.5. The maximum Gasteiger partial charge on any atom is 0.0544 e. The number of fused-ring (bicyclic) bond motifs is 6. The van der Waals surface area contributed by atoms with Crippen molar-refractivity contribution in [1.82, 2.24) is 9.13 Å². The van der Waals surface area contributed by atoms with Gasteiger partial charge in [-0.15, -0.1) is 0 Å². The van der Waals surface area contributed by atoms with E-state index in [9.17, 15) is 0 Å². The molecule has 0 aliphatic heterocycles. The highest BCUT2D eigenvalue weighted by atomic mass is 15.0. The van der Waals surface area contributed by atoms with E-state index < -0.39 is 0 Å². The van der Waals surface area contributed by atoms with Gasteiger partial charge in [0.25, 0.3) is 0 Å². The van der Waals surface area contributed by atoms with Crippen molar-refractivity contribution >= 4 is 43.6 Å². The van der Waals surface area contributed by atoms with E-state index in [1.807, 2.05) is 0 Å². The highest BCUT2D eigenvalue weighted by Gasteiger charge is 2.38. The standard InChI is InChI=1S/C65H66N2/c1-61(2,3)46-32-35-57-51(38-46)52-39-47(62(4,5)6)33-36-58(52)66(57)49-34-37-59-53(42-49)50-30-22-23-31-56(50)67(59)60-54(64(9,10)44-26-18-14-19-27-44)40-48(63(7,8)43-24-16-13-17-25-43)41-55(60)65(11,12)45-28-20-15-21-29-45/h13-42H,1-12H3. The Morgan fingerprint density at radius 2 is 0.642 bits per heavy atom. The lowest BCUT2D eigenvalue weighted by Gasteiger charge is -2.38. The van der Waals surface area contributed by atoms with Gasteiger partial charge in [0, 0.05) is 43.5 Å². The van der Waals surface area contributed by atoms with Crippen molar-refractivity contribution in [2.45, 2.75) is 110 Å². The number of nitrogens with zero attached hydrogens (tertiary/aromatic N) is 2. The number of hydrogen-bond donors (Lipinski definition) is 0. The Morgan fingerprint density at radius 3 is 1.10 bits per heavy atom. The molecule has 0 aliphatic rings. The van der Waals surface area contributed by atoms with Crippen LogP contribution in [0.1, 0.15) is 128 Å². The van der Waals surface area contributed by atoms with Gasteiger partial charge in [-0.05, 0) is 104 Å². The molecule has 0 fully saturated rings. The Morgan fingerprint density at radius 1 is 0.269 bits per heavy atom. The Balaban J connectivity index is 1.31. The number of hydrogen-bond acceptors (Lipinski definition) is 0. The molecule has 0 unspecified atom stereocenters. The van der Waals surface area contributed by atoms with Crippen LogP contribution >= 0.6 is 0 Å². The van der Waals surface area contributed by atoms with Crippen LogP contribution in [0.3, 0.4) is 0 Å². The summed E-state index contributed by atoms with van der Waals surface area (Å²) in [5.74, 6) is 0. The summed E-state index contributed by atoms with van der Waals surface area (Å²) in [4.78, 5) is 0. The van der Waals surface area contributed by atoms with Gasteiger partial charge in [-0.1, -0.05) is 217 Å². The van der Waals surface area contributed by atoms with Crippen molar-refractivity contribution in [3.8, 4) is 11.4 Å². The van der Waals surface area contributed by atoms with Gasteiger partial charge in [0.2, 0.25) is 0 Å². The summed E-state index contributed by atoms with van der Waals surface area (Å²) in [5, 5.41) is 5.08. The molecule has 0 atom stereocenters. The molecule has 0 saturated heterocycles. The van der Waals surface area contributed by atoms with E-state index in [2.05, 4.69) is 274 Å². The first kappa shape index (κ1) is 44.2. The first-order valence-electron chi connectivity index (χ1n) is 24.3. The van der Waals surface area contributed by atoms with Crippen LogP contribution in [-0.4, -0.2) is 9.13 Å². The van der Waals surface area contributed by atoms with Gasteiger partial charge in [-0.25, -0.2) is 0 Å². The van der Waals surface area contributed by atoms with Crippen LogP contribution in [-0.2, 0) is 27.1 Å². The third-order valence-electron chi connectivity index (χ3n) is 15.3. The first-order valence-corrected chi connectivity index (χ1v) is 24.3. The van der Waals surface area contributed by atoms with E-state index in [1.54, 1.807) is 0 Å². The number of para-hydroxylation sites is 1. The van der Waals surface area contributed by atoms with E-state index in [0.717, 1.165) is 5.69 Å². The molecule has 8 aromatic carbocycles. The van der Waals surface area contributed by atoms with Gasteiger partial charge in [-0.3, -0.25) is 0 Å². The third kappa shape index (κ3) is 7.32. The van der Waals surface area contributed by atoms with Gasteiger partial charge < -0.3 is 9.13 Å². The molecule has 0 spiro atoms. The van der Waals surface area contributed by atoms with E-state index in [0.29, 0.717) is 0 Å². The average molecular weight is 875 g/mol. The van der Waals surface area contributed by atoms with Crippen LogP contribution in [0.25, 0.3) is 55.0 Å². The molecule has 2 heteroatoms. The maximum atomic E-state index is 2.62. The van der Waals surface area contributed by atoms with Crippen molar-refractivity contribution in [2.24, 2.45) is 0 Å². The molecule has 0 bridgehead atoms. The highest BCUT2D eigenvalue weighted by molar-refractivity contribution is 6.12. The fourth-order valence-electron chi connectivity index (χ4n) is 10.8. The van der Waals surface area contributed by atoms with E-state index >= 15 is 0 Å². The van der Waals surface area contributed by atoms with Crippen molar-refractivity contribution in [1.29, 1.82) is 0 Å². The molecule has 2 heterocycles. The van der Waals surface area contributed by atoms with Gasteiger partial charge in [0.05, 0.1) is 27.8 Å². The molecule has 0 aliphatic carbocycles. The summed E-state index contributed by atoms with van der Waals surface area (Å²) < 4.78 is 5.12. The number of aromatic nitrogens is 2. The maximum absolute atomic E-state index is 2.62. The fraction of sp³-hybridized carbons (Fsp3) is 0.262. The molecule has 0 N–H and O–H groups in total. The van der Waals surface area contributed by atoms with Gasteiger partial charge in [0.1, 0.15) is 0 Å². The number of benzene rings is 8. The van der Waals surface area contributed by atoms with Gasteiger partial charge in [0.15, 0.2) is 0 Å². The normalized spacial score (nSPS) is 13.1. The number of rotatable bonds is 8. The van der Waals surface area contributed by atoms with Crippen LogP contribution < -0.4 is 0 Å². The van der Waals surface area contributed by atoms with E-state index in [4.69, 9.17) is 0 Å². The van der Waals surface area contributed by atoms with Crippen LogP contribution in [0.4, 0.5) is 0 Å². The lowest BCUT2D eigenvalue weighted by atomic mass is 9.68. The molecule has 0 radical (unpaired) electrons.